The lowest BCUT2D eigenvalue weighted by Crippen LogP contribution is -2.20. The first-order valence-electron chi connectivity index (χ1n) is 16.8. The van der Waals surface area contributed by atoms with Crippen LogP contribution in [0.5, 0.6) is 5.75 Å². The van der Waals surface area contributed by atoms with E-state index in [0.29, 0.717) is 74.3 Å². The van der Waals surface area contributed by atoms with Crippen LogP contribution in [0.2, 0.25) is 0 Å². The van der Waals surface area contributed by atoms with Gasteiger partial charge in [0.15, 0.2) is 0 Å². The van der Waals surface area contributed by atoms with E-state index in [2.05, 4.69) is 37.7 Å². The number of hydrogen-bond donors (Lipinski definition) is 4. The Morgan fingerprint density at radius 1 is 0.811 bits per heavy atom. The molecule has 5 aromatic heterocycles. The number of nitrogens with two attached hydrogens (primary N) is 2. The first-order chi connectivity index (χ1) is 25.4. The van der Waals surface area contributed by atoms with Crippen molar-refractivity contribution < 1.29 is 23.9 Å². The van der Waals surface area contributed by atoms with Gasteiger partial charge in [0.25, 0.3) is 17.7 Å². The van der Waals surface area contributed by atoms with E-state index < -0.39 is 17.7 Å². The molecule has 18 heteroatoms. The Labute approximate surface area is 307 Å². The molecule has 5 heterocycles. The van der Waals surface area contributed by atoms with Crippen LogP contribution in [0.25, 0.3) is 21.4 Å². The summed E-state index contributed by atoms with van der Waals surface area (Å²) in [5.41, 5.74) is 14.9. The Morgan fingerprint density at radius 3 is 1.92 bits per heavy atom. The average Bonchev–Trinajstić information content (AvgIpc) is 3.94. The van der Waals surface area contributed by atoms with Gasteiger partial charge in [-0.3, -0.25) is 43.7 Å². The summed E-state index contributed by atoms with van der Waals surface area (Å²) in [4.78, 5) is 61.4. The number of imidazole rings is 2. The summed E-state index contributed by atoms with van der Waals surface area (Å²) in [6.07, 6.45) is 4.15. The number of hydrogen-bond acceptors (Lipinski definition) is 10. The molecule has 0 atom stereocenters. The minimum Gasteiger partial charge on any atom is -0.491 e. The van der Waals surface area contributed by atoms with Gasteiger partial charge < -0.3 is 20.8 Å². The lowest BCUT2D eigenvalue weighted by atomic mass is 10.1. The molecule has 6 rings (SSSR count). The van der Waals surface area contributed by atoms with Gasteiger partial charge in [-0.15, -0.1) is 11.3 Å². The zero-order chi connectivity index (χ0) is 38.0. The van der Waals surface area contributed by atoms with E-state index in [1.165, 1.54) is 0 Å². The van der Waals surface area contributed by atoms with Crippen LogP contribution >= 0.6 is 11.3 Å². The number of anilines is 2. The number of ether oxygens (including phenoxy) is 1. The Kier molecular flexibility index (Phi) is 10.4. The summed E-state index contributed by atoms with van der Waals surface area (Å²) in [7, 11) is 0. The van der Waals surface area contributed by atoms with E-state index in [0.717, 1.165) is 11.3 Å². The van der Waals surface area contributed by atoms with Gasteiger partial charge in [-0.05, 0) is 71.4 Å². The van der Waals surface area contributed by atoms with E-state index in [4.69, 9.17) is 16.2 Å². The van der Waals surface area contributed by atoms with Gasteiger partial charge in [0.05, 0.1) is 28.4 Å². The molecule has 0 aliphatic heterocycles. The number of allylic oxidation sites excluding steroid dienone is 2. The second kappa shape index (κ2) is 15.1. The third kappa shape index (κ3) is 7.39. The number of benzene rings is 1. The third-order valence-electron chi connectivity index (χ3n) is 8.22. The molecule has 0 fully saturated rings. The summed E-state index contributed by atoms with van der Waals surface area (Å²) in [5, 5.41) is 14.6. The molecule has 0 aliphatic carbocycles. The number of amides is 4. The van der Waals surface area contributed by atoms with Gasteiger partial charge in [-0.2, -0.15) is 10.2 Å². The molecular weight excluding hydrogens is 701 g/mol. The van der Waals surface area contributed by atoms with Crippen molar-refractivity contribution in [3.63, 3.8) is 0 Å². The molecule has 0 aliphatic rings. The lowest BCUT2D eigenvalue weighted by molar-refractivity contribution is 0.0993. The molecular formula is C35H39N12O5S. The van der Waals surface area contributed by atoms with Crippen LogP contribution < -0.4 is 26.8 Å². The molecule has 0 unspecified atom stereocenters. The topological polar surface area (TPSA) is 225 Å². The number of nitrogens with zero attached hydrogens (tertiary/aromatic N) is 8. The summed E-state index contributed by atoms with van der Waals surface area (Å²) in [6.45, 7) is 12.9. The molecule has 0 saturated heterocycles. The molecule has 17 nitrogen and oxygen atoms in total. The first kappa shape index (κ1) is 36.5. The molecule has 0 bridgehead atoms. The van der Waals surface area contributed by atoms with Crippen molar-refractivity contribution in [2.24, 2.45) is 11.5 Å². The number of primary amides is 2. The zero-order valence-corrected chi connectivity index (χ0v) is 30.5. The number of nitrogens with one attached hydrogen (secondary N) is 2. The maximum Gasteiger partial charge on any atom is 0.276 e. The van der Waals surface area contributed by atoms with E-state index in [-0.39, 0.29) is 43.1 Å². The van der Waals surface area contributed by atoms with E-state index in [9.17, 15) is 19.2 Å². The van der Waals surface area contributed by atoms with Crippen molar-refractivity contribution in [3.8, 4) is 5.75 Å². The number of aryl methyl sites for hydroxylation is 4. The molecule has 6 N–H and O–H groups in total. The number of aromatic nitrogens is 8. The highest BCUT2D eigenvalue weighted by Crippen LogP contribution is 2.32. The average molecular weight is 740 g/mol. The maximum atomic E-state index is 13.6. The van der Waals surface area contributed by atoms with Crippen LogP contribution in [-0.4, -0.2) is 68.9 Å². The predicted octanol–water partition coefficient (Wildman–Crippen LogP) is 4.06. The highest BCUT2D eigenvalue weighted by molar-refractivity contribution is 7.20. The quantitative estimate of drug-likeness (QED) is 0.111. The fourth-order valence-electron chi connectivity index (χ4n) is 5.87. The van der Waals surface area contributed by atoms with Crippen molar-refractivity contribution in [3.05, 3.63) is 82.6 Å². The molecule has 6 aromatic rings. The Balaban J connectivity index is 1.36. The fourth-order valence-corrected chi connectivity index (χ4v) is 6.83. The third-order valence-corrected chi connectivity index (χ3v) is 9.38. The number of rotatable bonds is 15. The molecule has 275 valence electrons. The van der Waals surface area contributed by atoms with E-state index >= 15 is 0 Å². The van der Waals surface area contributed by atoms with E-state index in [1.807, 2.05) is 32.9 Å². The van der Waals surface area contributed by atoms with Crippen LogP contribution in [0.15, 0.2) is 42.5 Å². The molecule has 1 aromatic carbocycles. The van der Waals surface area contributed by atoms with E-state index in [1.54, 1.807) is 55.8 Å². The highest BCUT2D eigenvalue weighted by atomic mass is 32.1. The predicted molar refractivity (Wildman–Crippen MR) is 200 cm³/mol. The summed E-state index contributed by atoms with van der Waals surface area (Å²) < 4.78 is 12.7. The minimum atomic E-state index is -0.661. The second-order valence-corrected chi connectivity index (χ2v) is 13.0. The molecule has 1 radical (unpaired) electrons. The second-order valence-electron chi connectivity index (χ2n) is 12.0. The SMILES string of the molecule is [CH2]CCOc1cc(C(N)=O)cc2nc(NC(=O)c3cc(C)nn3CC)n(C/C=C/Cn3c(NC(=O)c4cc(C)nn4CC)nc4cc(C(N)=O)sc43)c12. The van der Waals surface area contributed by atoms with Gasteiger partial charge in [0, 0.05) is 31.7 Å². The number of thiophene rings is 1. The van der Waals surface area contributed by atoms with Crippen LogP contribution in [0.1, 0.15) is 72.7 Å². The molecule has 4 amide bonds. The van der Waals surface area contributed by atoms with Gasteiger partial charge >= 0.3 is 0 Å². The van der Waals surface area contributed by atoms with Crippen molar-refractivity contribution >= 4 is 68.2 Å². The monoisotopic (exact) mass is 739 g/mol. The Hall–Kier alpha value is -6.30. The summed E-state index contributed by atoms with van der Waals surface area (Å²) >= 11 is 1.16. The van der Waals surface area contributed by atoms with Crippen LogP contribution in [0.3, 0.4) is 0 Å². The maximum absolute atomic E-state index is 13.6. The summed E-state index contributed by atoms with van der Waals surface area (Å²) in [6, 6.07) is 8.06. The number of fused-ring (bicyclic) bond motifs is 2. The van der Waals surface area contributed by atoms with Crippen LogP contribution in [0.4, 0.5) is 11.9 Å². The van der Waals surface area contributed by atoms with Gasteiger partial charge in [0.2, 0.25) is 17.8 Å². The van der Waals surface area contributed by atoms with Crippen molar-refractivity contribution in [2.75, 3.05) is 17.2 Å². The normalized spacial score (nSPS) is 11.6. The number of carbonyl (C=O) groups excluding carboxylic acids is 4. The van der Waals surface area contributed by atoms with Crippen LogP contribution in [0, 0.1) is 20.8 Å². The van der Waals surface area contributed by atoms with Gasteiger partial charge in [-0.1, -0.05) is 12.2 Å². The van der Waals surface area contributed by atoms with Crippen molar-refractivity contribution in [1.82, 2.24) is 38.7 Å². The number of carbonyl (C=O) groups is 4. The van der Waals surface area contributed by atoms with Crippen molar-refractivity contribution in [2.45, 2.75) is 60.3 Å². The Morgan fingerprint density at radius 2 is 1.38 bits per heavy atom. The summed E-state index contributed by atoms with van der Waals surface area (Å²) in [5.74, 6) is -1.25. The smallest absolute Gasteiger partial charge is 0.276 e. The minimum absolute atomic E-state index is 0.191. The standard InChI is InChI=1S/C35H39N12O5S/c1-6-13-52-26-17-21(29(36)48)16-22-28(26)44(34(38-22)40-31(50)24-14-19(4)42-46(24)7-2)11-9-10-12-45-33-23(18-27(53-33)30(37)49)39-35(45)41-32(51)25-15-20(5)43-47(25)8-3/h9-10,14-18H,1,6-8,11-13H2,2-5H3,(H2,36,48)(H2,37,49)(H,38,40,50)(H,39,41,51)/b10-9+. The molecule has 53 heavy (non-hydrogen) atoms. The van der Waals surface area contributed by atoms with Crippen LogP contribution in [-0.2, 0) is 26.2 Å². The highest BCUT2D eigenvalue weighted by Gasteiger charge is 2.23. The molecule has 0 saturated carbocycles. The van der Waals surface area contributed by atoms with Gasteiger partial charge in [-0.25, -0.2) is 9.97 Å². The zero-order valence-electron chi connectivity index (χ0n) is 29.7. The van der Waals surface area contributed by atoms with Crippen molar-refractivity contribution in [1.29, 1.82) is 0 Å². The fraction of sp³-hybridized carbons (Fsp3) is 0.286. The first-order valence-corrected chi connectivity index (χ1v) is 17.7. The molecule has 0 spiro atoms. The lowest BCUT2D eigenvalue weighted by Gasteiger charge is -2.12. The largest absolute Gasteiger partial charge is 0.491 e. The van der Waals surface area contributed by atoms with Gasteiger partial charge in [0.1, 0.15) is 33.0 Å². The Bertz CT molecular complexity index is 2410.